The Kier molecular flexibility index (Phi) is 4.36. The smallest absolute Gasteiger partial charge is 0.316 e. The molecule has 0 saturated carbocycles. The minimum Gasteiger partial charge on any atom is -0.316 e. The number of benzene rings is 1. The van der Waals surface area contributed by atoms with Gasteiger partial charge in [-0.05, 0) is 32.4 Å². The van der Waals surface area contributed by atoms with Gasteiger partial charge in [0.1, 0.15) is 5.82 Å². The van der Waals surface area contributed by atoms with Crippen molar-refractivity contribution < 1.29 is 0 Å². The molecule has 6 nitrogen and oxygen atoms in total. The Labute approximate surface area is 146 Å². The van der Waals surface area contributed by atoms with Crippen molar-refractivity contribution in [2.24, 2.45) is 0 Å². The van der Waals surface area contributed by atoms with Crippen LogP contribution in [0.5, 0.6) is 0 Å². The third-order valence-electron chi connectivity index (χ3n) is 4.97. The highest BCUT2D eigenvalue weighted by Gasteiger charge is 2.23. The van der Waals surface area contributed by atoms with E-state index in [4.69, 9.17) is 5.10 Å². The van der Waals surface area contributed by atoms with Crippen molar-refractivity contribution in [2.75, 3.05) is 13.1 Å². The van der Waals surface area contributed by atoms with E-state index in [0.717, 1.165) is 48.2 Å². The summed E-state index contributed by atoms with van der Waals surface area (Å²) in [5, 5.41) is 9.20. The summed E-state index contributed by atoms with van der Waals surface area (Å²) in [5.74, 6) is 1.22. The fraction of sp³-hybridized carbons (Fsp3) is 0.421. The highest BCUT2D eigenvalue weighted by Crippen LogP contribution is 2.21. The van der Waals surface area contributed by atoms with Crippen LogP contribution in [0.1, 0.15) is 37.1 Å². The Morgan fingerprint density at radius 2 is 2.16 bits per heavy atom. The van der Waals surface area contributed by atoms with Gasteiger partial charge in [-0.2, -0.15) is 5.10 Å². The van der Waals surface area contributed by atoms with Gasteiger partial charge in [-0.1, -0.05) is 24.3 Å². The Morgan fingerprint density at radius 3 is 2.96 bits per heavy atom. The number of piperidine rings is 1. The van der Waals surface area contributed by atoms with Crippen LogP contribution in [-0.4, -0.2) is 32.4 Å². The predicted molar refractivity (Wildman–Crippen MR) is 97.9 cm³/mol. The van der Waals surface area contributed by atoms with Crippen molar-refractivity contribution in [1.82, 2.24) is 24.6 Å². The Balaban J connectivity index is 1.73. The highest BCUT2D eigenvalue weighted by atomic mass is 16.2. The molecule has 1 aliphatic heterocycles. The zero-order valence-corrected chi connectivity index (χ0v) is 14.5. The average Bonchev–Trinajstić information content (AvgIpc) is 2.98. The van der Waals surface area contributed by atoms with Crippen LogP contribution in [-0.2, 0) is 13.1 Å². The van der Waals surface area contributed by atoms with Gasteiger partial charge in [0.05, 0.1) is 12.1 Å². The molecule has 4 rings (SSSR count). The third-order valence-corrected chi connectivity index (χ3v) is 4.97. The van der Waals surface area contributed by atoms with E-state index in [-0.39, 0.29) is 5.69 Å². The predicted octanol–water partition coefficient (Wildman–Crippen LogP) is 2.13. The van der Waals surface area contributed by atoms with Crippen molar-refractivity contribution in [3.05, 3.63) is 58.4 Å². The van der Waals surface area contributed by atoms with Gasteiger partial charge in [0.2, 0.25) is 0 Å². The first kappa shape index (κ1) is 16.0. The normalized spacial score (nSPS) is 17.9. The molecule has 3 aromatic rings. The average molecular weight is 337 g/mol. The van der Waals surface area contributed by atoms with Crippen molar-refractivity contribution in [1.29, 1.82) is 0 Å². The molecule has 25 heavy (non-hydrogen) atoms. The second-order valence-electron chi connectivity index (χ2n) is 6.58. The molecule has 6 heteroatoms. The van der Waals surface area contributed by atoms with Crippen LogP contribution in [0, 0.1) is 0 Å². The van der Waals surface area contributed by atoms with Crippen molar-refractivity contribution in [3.8, 4) is 0 Å². The van der Waals surface area contributed by atoms with E-state index in [2.05, 4.69) is 10.3 Å². The number of fused-ring (bicyclic) bond motifs is 1. The topological polar surface area (TPSA) is 64.7 Å². The first-order valence-electron chi connectivity index (χ1n) is 8.99. The highest BCUT2D eigenvalue weighted by molar-refractivity contribution is 5.81. The van der Waals surface area contributed by atoms with Crippen molar-refractivity contribution in [2.45, 2.75) is 38.8 Å². The van der Waals surface area contributed by atoms with Crippen LogP contribution in [0.25, 0.3) is 10.9 Å². The lowest BCUT2D eigenvalue weighted by molar-refractivity contribution is 0.431. The molecule has 3 heterocycles. The maximum atomic E-state index is 12.8. The van der Waals surface area contributed by atoms with Crippen molar-refractivity contribution in [3.63, 3.8) is 0 Å². The van der Waals surface area contributed by atoms with Gasteiger partial charge >= 0.3 is 5.69 Å². The molecule has 0 bridgehead atoms. The van der Waals surface area contributed by atoms with E-state index < -0.39 is 0 Å². The quantitative estimate of drug-likeness (QED) is 0.792. The fourth-order valence-electron chi connectivity index (χ4n) is 3.69. The Hall–Kier alpha value is -2.47. The molecule has 0 radical (unpaired) electrons. The molecule has 0 unspecified atom stereocenters. The number of aromatic nitrogens is 4. The van der Waals surface area contributed by atoms with Gasteiger partial charge in [0.25, 0.3) is 0 Å². The zero-order chi connectivity index (χ0) is 17.2. The lowest BCUT2D eigenvalue weighted by Gasteiger charge is -2.21. The van der Waals surface area contributed by atoms with Crippen LogP contribution >= 0.6 is 0 Å². The lowest BCUT2D eigenvalue weighted by atomic mass is 9.99. The first-order valence-corrected chi connectivity index (χ1v) is 8.99. The maximum Gasteiger partial charge on any atom is 0.346 e. The van der Waals surface area contributed by atoms with Gasteiger partial charge < -0.3 is 5.32 Å². The number of rotatable bonds is 4. The Morgan fingerprint density at radius 1 is 1.28 bits per heavy atom. The molecule has 1 aromatic carbocycles. The number of nitrogens with zero attached hydrogens (tertiary/aromatic N) is 4. The maximum absolute atomic E-state index is 12.8. The second kappa shape index (κ2) is 6.80. The molecular weight excluding hydrogens is 314 g/mol. The summed E-state index contributed by atoms with van der Waals surface area (Å²) < 4.78 is 3.41. The lowest BCUT2D eigenvalue weighted by Crippen LogP contribution is -2.31. The largest absolute Gasteiger partial charge is 0.346 e. The summed E-state index contributed by atoms with van der Waals surface area (Å²) in [7, 11) is 0. The molecule has 0 amide bonds. The molecule has 130 valence electrons. The zero-order valence-electron chi connectivity index (χ0n) is 14.5. The van der Waals surface area contributed by atoms with E-state index in [1.165, 1.54) is 0 Å². The summed E-state index contributed by atoms with van der Waals surface area (Å²) in [4.78, 5) is 17.3. The summed E-state index contributed by atoms with van der Waals surface area (Å²) in [6.07, 6.45) is 4.00. The minimum atomic E-state index is -0.0315. The molecule has 1 saturated heterocycles. The summed E-state index contributed by atoms with van der Waals surface area (Å²) >= 11 is 0. The summed E-state index contributed by atoms with van der Waals surface area (Å²) in [5.41, 5.74) is 1.93. The van der Waals surface area contributed by atoms with E-state index in [1.54, 1.807) is 10.9 Å². The number of hydrogen-bond acceptors (Lipinski definition) is 4. The van der Waals surface area contributed by atoms with Crippen LogP contribution in [0.2, 0.25) is 0 Å². The number of para-hydroxylation sites is 1. The van der Waals surface area contributed by atoms with E-state index in [0.29, 0.717) is 19.0 Å². The van der Waals surface area contributed by atoms with Crippen LogP contribution in [0.3, 0.4) is 0 Å². The first-order chi connectivity index (χ1) is 12.3. The minimum absolute atomic E-state index is 0.0315. The van der Waals surface area contributed by atoms with Crippen molar-refractivity contribution >= 4 is 10.9 Å². The van der Waals surface area contributed by atoms with E-state index >= 15 is 0 Å². The van der Waals surface area contributed by atoms with E-state index in [9.17, 15) is 4.79 Å². The summed E-state index contributed by atoms with van der Waals surface area (Å²) in [6.45, 7) is 5.06. The molecule has 1 N–H and O–H groups in total. The fourth-order valence-corrected chi connectivity index (χ4v) is 3.69. The second-order valence-corrected chi connectivity index (χ2v) is 6.58. The molecule has 2 aromatic heterocycles. The van der Waals surface area contributed by atoms with Gasteiger partial charge in [0.15, 0.2) is 0 Å². The van der Waals surface area contributed by atoms with Crippen LogP contribution in [0.4, 0.5) is 0 Å². The van der Waals surface area contributed by atoms with E-state index in [1.807, 2.05) is 41.8 Å². The standard InChI is InChI=1S/C19H23N5O/c1-2-23-18(15-9-4-10-20-12-15)22-24(19(23)25)13-16-7-3-6-14-8-5-11-21-17(14)16/h3,5-8,11,15,20H,2,4,9-10,12-13H2,1H3/t15-/m0/s1. The molecular formula is C19H23N5O. The molecule has 0 aliphatic carbocycles. The van der Waals surface area contributed by atoms with Gasteiger partial charge in [-0.3, -0.25) is 9.55 Å². The van der Waals surface area contributed by atoms with Gasteiger partial charge in [-0.15, -0.1) is 0 Å². The number of nitrogens with one attached hydrogen (secondary N) is 1. The van der Waals surface area contributed by atoms with Crippen LogP contribution in [0.15, 0.2) is 41.3 Å². The van der Waals surface area contributed by atoms with Gasteiger partial charge in [0, 0.05) is 36.2 Å². The SMILES string of the molecule is CCn1c([C@H]2CCCNC2)nn(Cc2cccc3cccnc23)c1=O. The number of hydrogen-bond donors (Lipinski definition) is 1. The molecule has 1 aliphatic rings. The summed E-state index contributed by atoms with van der Waals surface area (Å²) in [6, 6.07) is 10.0. The molecule has 1 fully saturated rings. The molecule has 1 atom stereocenters. The monoisotopic (exact) mass is 337 g/mol. The number of pyridine rings is 1. The van der Waals surface area contributed by atoms with Crippen LogP contribution < -0.4 is 11.0 Å². The molecule has 0 spiro atoms. The third kappa shape index (κ3) is 2.98. The Bertz CT molecular complexity index is 931. The van der Waals surface area contributed by atoms with Gasteiger partial charge in [-0.25, -0.2) is 9.48 Å².